The molecule has 1 unspecified atom stereocenters. The highest BCUT2D eigenvalue weighted by molar-refractivity contribution is 9.10. The summed E-state index contributed by atoms with van der Waals surface area (Å²) in [6, 6.07) is 5.56. The first kappa shape index (κ1) is 14.1. The Kier molecular flexibility index (Phi) is 5.58. The molecule has 1 aromatic carbocycles. The summed E-state index contributed by atoms with van der Waals surface area (Å²) in [5.41, 5.74) is 6.35. The molecule has 92 valence electrons. The summed E-state index contributed by atoms with van der Waals surface area (Å²) in [5.74, 6) is -0.00127. The number of halogens is 1. The van der Waals surface area contributed by atoms with Crippen molar-refractivity contribution in [2.45, 2.75) is 17.1 Å². The Balaban J connectivity index is 2.64. The second kappa shape index (κ2) is 6.71. The Labute approximate surface area is 114 Å². The number of nitrogen functional groups attached to an aromatic ring is 1. The molecule has 5 heteroatoms. The average molecular weight is 315 g/mol. The number of thioether (sulfide) groups is 1. The lowest BCUT2D eigenvalue weighted by Crippen LogP contribution is -2.30. The van der Waals surface area contributed by atoms with Gasteiger partial charge in [0.25, 0.3) is 0 Å². The van der Waals surface area contributed by atoms with Gasteiger partial charge in [-0.15, -0.1) is 18.3 Å². The van der Waals surface area contributed by atoms with Crippen LogP contribution in [0.3, 0.4) is 0 Å². The molecule has 0 aliphatic carbocycles. The summed E-state index contributed by atoms with van der Waals surface area (Å²) >= 11 is 4.92. The predicted molar refractivity (Wildman–Crippen MR) is 77.1 cm³/mol. The first-order valence-electron chi connectivity index (χ1n) is 5.15. The van der Waals surface area contributed by atoms with Crippen LogP contribution in [0.5, 0.6) is 0 Å². The molecule has 3 nitrogen and oxygen atoms in total. The van der Waals surface area contributed by atoms with E-state index < -0.39 is 0 Å². The summed E-state index contributed by atoms with van der Waals surface area (Å²) in [6.07, 6.45) is 1.66. The molecule has 1 atom stereocenters. The Hall–Kier alpha value is -0.940. The molecule has 0 bridgehead atoms. The third-order valence-corrected chi connectivity index (χ3v) is 4.15. The van der Waals surface area contributed by atoms with Crippen LogP contribution in [-0.4, -0.2) is 17.7 Å². The van der Waals surface area contributed by atoms with E-state index in [4.69, 9.17) is 5.73 Å². The minimum Gasteiger partial charge on any atom is -0.399 e. The first-order chi connectivity index (χ1) is 8.04. The zero-order valence-corrected chi connectivity index (χ0v) is 12.0. The molecule has 0 radical (unpaired) electrons. The fourth-order valence-corrected chi connectivity index (χ4v) is 2.74. The number of carbonyl (C=O) groups excluding carboxylic acids is 1. The number of hydrogen-bond acceptors (Lipinski definition) is 3. The maximum absolute atomic E-state index is 11.7. The van der Waals surface area contributed by atoms with E-state index in [1.807, 2.05) is 25.1 Å². The third-order valence-electron chi connectivity index (χ3n) is 2.05. The fourth-order valence-electron chi connectivity index (χ4n) is 1.17. The number of nitrogens with two attached hydrogens (primary N) is 1. The van der Waals surface area contributed by atoms with Crippen molar-refractivity contribution in [3.8, 4) is 0 Å². The predicted octanol–water partition coefficient (Wildman–Crippen LogP) is 2.81. The van der Waals surface area contributed by atoms with Crippen molar-refractivity contribution in [2.75, 3.05) is 12.3 Å². The van der Waals surface area contributed by atoms with Gasteiger partial charge in [0.1, 0.15) is 0 Å². The van der Waals surface area contributed by atoms with Crippen LogP contribution in [0.4, 0.5) is 5.69 Å². The Morgan fingerprint density at radius 2 is 2.41 bits per heavy atom. The number of carbonyl (C=O) groups is 1. The molecule has 3 N–H and O–H groups in total. The summed E-state index contributed by atoms with van der Waals surface area (Å²) in [4.78, 5) is 12.7. The zero-order chi connectivity index (χ0) is 12.8. The highest BCUT2D eigenvalue weighted by Gasteiger charge is 2.14. The monoisotopic (exact) mass is 314 g/mol. The van der Waals surface area contributed by atoms with Crippen LogP contribution >= 0.6 is 27.7 Å². The lowest BCUT2D eigenvalue weighted by atomic mass is 10.3. The van der Waals surface area contributed by atoms with E-state index in [2.05, 4.69) is 27.8 Å². The van der Waals surface area contributed by atoms with Gasteiger partial charge in [0.2, 0.25) is 5.91 Å². The number of benzene rings is 1. The van der Waals surface area contributed by atoms with Gasteiger partial charge in [-0.2, -0.15) is 0 Å². The molecule has 0 fully saturated rings. The third kappa shape index (κ3) is 4.44. The van der Waals surface area contributed by atoms with Crippen LogP contribution in [0.2, 0.25) is 0 Å². The van der Waals surface area contributed by atoms with Gasteiger partial charge in [-0.05, 0) is 41.1 Å². The van der Waals surface area contributed by atoms with E-state index in [1.165, 1.54) is 11.8 Å². The van der Waals surface area contributed by atoms with Gasteiger partial charge < -0.3 is 11.1 Å². The Morgan fingerprint density at radius 3 is 3.00 bits per heavy atom. The second-order valence-electron chi connectivity index (χ2n) is 3.48. The molecule has 0 spiro atoms. The van der Waals surface area contributed by atoms with Crippen molar-refractivity contribution < 1.29 is 4.79 Å². The van der Waals surface area contributed by atoms with Crippen LogP contribution in [-0.2, 0) is 4.79 Å². The highest BCUT2D eigenvalue weighted by Crippen LogP contribution is 2.31. The number of rotatable bonds is 5. The molecule has 0 aliphatic heterocycles. The molecule has 1 aromatic rings. The maximum Gasteiger partial charge on any atom is 0.233 e. The SMILES string of the molecule is C=CCNC(=O)C(C)Sc1ccc(N)cc1Br. The van der Waals surface area contributed by atoms with Gasteiger partial charge in [0.05, 0.1) is 5.25 Å². The first-order valence-corrected chi connectivity index (χ1v) is 6.82. The topological polar surface area (TPSA) is 55.1 Å². The van der Waals surface area contributed by atoms with Crippen LogP contribution in [0.15, 0.2) is 40.2 Å². The molecular weight excluding hydrogens is 300 g/mol. The summed E-state index contributed by atoms with van der Waals surface area (Å²) in [7, 11) is 0. The standard InChI is InChI=1S/C12H15BrN2OS/c1-3-6-15-12(16)8(2)17-11-5-4-9(14)7-10(11)13/h3-5,7-8H,1,6,14H2,2H3,(H,15,16). The highest BCUT2D eigenvalue weighted by atomic mass is 79.9. The largest absolute Gasteiger partial charge is 0.399 e. The summed E-state index contributed by atoms with van der Waals surface area (Å²) < 4.78 is 0.908. The van der Waals surface area contributed by atoms with E-state index in [1.54, 1.807) is 6.08 Å². The molecule has 1 amide bonds. The van der Waals surface area contributed by atoms with Gasteiger partial charge in [-0.1, -0.05) is 6.08 Å². The van der Waals surface area contributed by atoms with Crippen LogP contribution in [0.1, 0.15) is 6.92 Å². The molecule has 0 heterocycles. The number of hydrogen-bond donors (Lipinski definition) is 2. The molecule has 0 saturated heterocycles. The van der Waals surface area contributed by atoms with E-state index in [9.17, 15) is 4.79 Å². The molecular formula is C12H15BrN2OS. The zero-order valence-electron chi connectivity index (χ0n) is 9.57. The molecule has 0 saturated carbocycles. The lowest BCUT2D eigenvalue weighted by molar-refractivity contribution is -0.120. The smallest absolute Gasteiger partial charge is 0.233 e. The Bertz CT molecular complexity index is 423. The van der Waals surface area contributed by atoms with Gasteiger partial charge >= 0.3 is 0 Å². The number of anilines is 1. The van der Waals surface area contributed by atoms with Crippen molar-refractivity contribution in [3.05, 3.63) is 35.3 Å². The molecule has 17 heavy (non-hydrogen) atoms. The van der Waals surface area contributed by atoms with Crippen LogP contribution in [0, 0.1) is 0 Å². The molecule has 0 aliphatic rings. The second-order valence-corrected chi connectivity index (χ2v) is 5.72. The van der Waals surface area contributed by atoms with Crippen molar-refractivity contribution in [1.29, 1.82) is 0 Å². The van der Waals surface area contributed by atoms with Crippen LogP contribution in [0.25, 0.3) is 0 Å². The summed E-state index contributed by atoms with van der Waals surface area (Å²) in [5, 5.41) is 2.61. The average Bonchev–Trinajstić information content (AvgIpc) is 2.29. The van der Waals surface area contributed by atoms with E-state index in [0.717, 1.165) is 9.37 Å². The normalized spacial score (nSPS) is 11.9. The fraction of sp³-hybridized carbons (Fsp3) is 0.250. The van der Waals surface area contributed by atoms with Gasteiger partial charge in [-0.3, -0.25) is 4.79 Å². The number of amides is 1. The van der Waals surface area contributed by atoms with E-state index in [0.29, 0.717) is 12.2 Å². The lowest BCUT2D eigenvalue weighted by Gasteiger charge is -2.12. The maximum atomic E-state index is 11.7. The van der Waals surface area contributed by atoms with Crippen molar-refractivity contribution in [1.82, 2.24) is 5.32 Å². The minimum absolute atomic E-state index is 0.00127. The van der Waals surface area contributed by atoms with E-state index >= 15 is 0 Å². The van der Waals surface area contributed by atoms with Crippen molar-refractivity contribution >= 4 is 39.3 Å². The molecule has 0 aromatic heterocycles. The molecule has 1 rings (SSSR count). The summed E-state index contributed by atoms with van der Waals surface area (Å²) in [6.45, 7) is 5.92. The van der Waals surface area contributed by atoms with Crippen molar-refractivity contribution in [3.63, 3.8) is 0 Å². The van der Waals surface area contributed by atoms with E-state index in [-0.39, 0.29) is 11.2 Å². The van der Waals surface area contributed by atoms with Gasteiger partial charge in [-0.25, -0.2) is 0 Å². The van der Waals surface area contributed by atoms with Crippen LogP contribution < -0.4 is 11.1 Å². The minimum atomic E-state index is -0.158. The van der Waals surface area contributed by atoms with Gasteiger partial charge in [0.15, 0.2) is 0 Å². The Morgan fingerprint density at radius 1 is 1.71 bits per heavy atom. The quantitative estimate of drug-likeness (QED) is 0.499. The van der Waals surface area contributed by atoms with Gasteiger partial charge in [0, 0.05) is 21.6 Å². The number of nitrogens with one attached hydrogen (secondary N) is 1. The van der Waals surface area contributed by atoms with Crippen molar-refractivity contribution in [2.24, 2.45) is 0 Å².